The van der Waals surface area contributed by atoms with E-state index in [1.165, 1.54) is 39.0 Å². The van der Waals surface area contributed by atoms with Crippen LogP contribution in [0, 0.1) is 11.3 Å². The van der Waals surface area contributed by atoms with Crippen LogP contribution in [0.4, 0.5) is 0 Å². The third-order valence-electron chi connectivity index (χ3n) is 3.12. The monoisotopic (exact) mass is 166 g/mol. The maximum Gasteiger partial charge on any atom is 0.167 e. The number of nitriles is 1. The molecule has 0 aromatic carbocycles. The van der Waals surface area contributed by atoms with E-state index in [1.807, 2.05) is 0 Å². The molecule has 3 heteroatoms. The maximum atomic E-state index is 8.74. The molecular formula is C9H16N3+. The van der Waals surface area contributed by atoms with Crippen molar-refractivity contribution >= 4 is 0 Å². The zero-order chi connectivity index (χ0) is 8.44. The Morgan fingerprint density at radius 2 is 1.92 bits per heavy atom. The van der Waals surface area contributed by atoms with Crippen LogP contribution in [0.15, 0.2) is 0 Å². The van der Waals surface area contributed by atoms with Crippen molar-refractivity contribution < 1.29 is 4.48 Å². The molecule has 2 aliphatic rings. The van der Waals surface area contributed by atoms with Gasteiger partial charge in [0.25, 0.3) is 0 Å². The number of hydrogen-bond donors (Lipinski definition) is 0. The standard InChI is InChI=1S/C9H16N3/c10-3-8-12-6-1-4-11(9-12)5-2-7-12/h1-2,4-9H2/q+1. The van der Waals surface area contributed by atoms with Crippen molar-refractivity contribution in [2.75, 3.05) is 39.4 Å². The third kappa shape index (κ3) is 1.33. The summed E-state index contributed by atoms with van der Waals surface area (Å²) in [7, 11) is 0. The number of rotatable bonds is 1. The van der Waals surface area contributed by atoms with E-state index in [0.29, 0.717) is 0 Å². The molecule has 0 unspecified atom stereocenters. The summed E-state index contributed by atoms with van der Waals surface area (Å²) in [5.74, 6) is 0. The largest absolute Gasteiger partial charge is 0.299 e. The van der Waals surface area contributed by atoms with E-state index >= 15 is 0 Å². The number of nitrogens with zero attached hydrogens (tertiary/aromatic N) is 3. The summed E-state index contributed by atoms with van der Waals surface area (Å²) in [6.45, 7) is 6.81. The van der Waals surface area contributed by atoms with E-state index in [9.17, 15) is 0 Å². The summed E-state index contributed by atoms with van der Waals surface area (Å²) >= 11 is 0. The van der Waals surface area contributed by atoms with Crippen molar-refractivity contribution in [3.8, 4) is 6.07 Å². The van der Waals surface area contributed by atoms with Crippen LogP contribution in [-0.2, 0) is 0 Å². The molecule has 0 amide bonds. The molecule has 2 fully saturated rings. The van der Waals surface area contributed by atoms with Crippen LogP contribution in [0.3, 0.4) is 0 Å². The van der Waals surface area contributed by atoms with Crippen molar-refractivity contribution in [3.05, 3.63) is 0 Å². The lowest BCUT2D eigenvalue weighted by molar-refractivity contribution is -0.942. The number of quaternary nitrogens is 1. The first-order chi connectivity index (χ1) is 5.85. The van der Waals surface area contributed by atoms with Gasteiger partial charge in [-0.2, -0.15) is 5.26 Å². The van der Waals surface area contributed by atoms with Gasteiger partial charge in [0.15, 0.2) is 6.54 Å². The van der Waals surface area contributed by atoms with Gasteiger partial charge in [-0.1, -0.05) is 0 Å². The summed E-state index contributed by atoms with van der Waals surface area (Å²) in [5.41, 5.74) is 0. The smallest absolute Gasteiger partial charge is 0.167 e. The summed E-state index contributed by atoms with van der Waals surface area (Å²) in [4.78, 5) is 2.50. The first-order valence-corrected chi connectivity index (χ1v) is 4.79. The molecule has 2 aliphatic heterocycles. The summed E-state index contributed by atoms with van der Waals surface area (Å²) in [6.07, 6.45) is 2.56. The second-order valence-corrected chi connectivity index (χ2v) is 4.07. The molecular weight excluding hydrogens is 150 g/mol. The minimum absolute atomic E-state index is 0.719. The van der Waals surface area contributed by atoms with E-state index in [0.717, 1.165) is 17.7 Å². The van der Waals surface area contributed by atoms with Gasteiger partial charge in [0, 0.05) is 25.9 Å². The Balaban J connectivity index is 2.07. The van der Waals surface area contributed by atoms with Gasteiger partial charge in [-0.3, -0.25) is 9.38 Å². The number of fused-ring (bicyclic) bond motifs is 2. The summed E-state index contributed by atoms with van der Waals surface area (Å²) in [6, 6.07) is 2.33. The molecule has 2 heterocycles. The lowest BCUT2D eigenvalue weighted by Gasteiger charge is -2.47. The number of hydrogen-bond acceptors (Lipinski definition) is 2. The molecule has 0 aromatic heterocycles. The van der Waals surface area contributed by atoms with Gasteiger partial charge in [-0.25, -0.2) is 0 Å². The van der Waals surface area contributed by atoms with E-state index in [4.69, 9.17) is 5.26 Å². The predicted octanol–water partition coefficient (Wildman–Crippen LogP) is 0.394. The fourth-order valence-electron chi connectivity index (χ4n) is 2.55. The average molecular weight is 166 g/mol. The van der Waals surface area contributed by atoms with Gasteiger partial charge in [0.1, 0.15) is 12.7 Å². The van der Waals surface area contributed by atoms with Crippen molar-refractivity contribution in [2.24, 2.45) is 0 Å². The van der Waals surface area contributed by atoms with Crippen LogP contribution in [0.25, 0.3) is 0 Å². The molecule has 0 saturated carbocycles. The molecule has 12 heavy (non-hydrogen) atoms. The molecule has 2 rings (SSSR count). The van der Waals surface area contributed by atoms with Gasteiger partial charge < -0.3 is 0 Å². The van der Waals surface area contributed by atoms with E-state index in [2.05, 4.69) is 11.0 Å². The maximum absolute atomic E-state index is 8.74. The highest BCUT2D eigenvalue weighted by Crippen LogP contribution is 2.21. The van der Waals surface area contributed by atoms with E-state index in [1.54, 1.807) is 0 Å². The Hall–Kier alpha value is -0.590. The minimum atomic E-state index is 0.719. The highest BCUT2D eigenvalue weighted by atomic mass is 15.5. The molecule has 2 saturated heterocycles. The molecule has 0 atom stereocenters. The molecule has 2 bridgehead atoms. The Morgan fingerprint density at radius 1 is 1.25 bits per heavy atom. The first kappa shape index (κ1) is 8.03. The zero-order valence-corrected chi connectivity index (χ0v) is 7.50. The Labute approximate surface area is 73.8 Å². The van der Waals surface area contributed by atoms with Gasteiger partial charge in [-0.05, 0) is 0 Å². The zero-order valence-electron chi connectivity index (χ0n) is 7.50. The van der Waals surface area contributed by atoms with Gasteiger partial charge in [0.2, 0.25) is 0 Å². The second-order valence-electron chi connectivity index (χ2n) is 4.07. The molecule has 3 nitrogen and oxygen atoms in total. The fraction of sp³-hybridized carbons (Fsp3) is 0.889. The molecule has 0 aliphatic carbocycles. The molecule has 0 spiro atoms. The third-order valence-corrected chi connectivity index (χ3v) is 3.12. The Kier molecular flexibility index (Phi) is 2.03. The minimum Gasteiger partial charge on any atom is -0.299 e. The van der Waals surface area contributed by atoms with Gasteiger partial charge >= 0.3 is 0 Å². The second kappa shape index (κ2) is 3.04. The van der Waals surface area contributed by atoms with Crippen LogP contribution < -0.4 is 0 Å². The van der Waals surface area contributed by atoms with Crippen LogP contribution >= 0.6 is 0 Å². The highest BCUT2D eigenvalue weighted by molar-refractivity contribution is 4.74. The van der Waals surface area contributed by atoms with Crippen molar-refractivity contribution in [3.63, 3.8) is 0 Å². The Morgan fingerprint density at radius 3 is 2.50 bits per heavy atom. The summed E-state index contributed by atoms with van der Waals surface area (Å²) < 4.78 is 1.05. The SMILES string of the molecule is N#CC[N+]12CCCN(CCC1)C2. The lowest BCUT2D eigenvalue weighted by atomic mass is 10.1. The highest BCUT2D eigenvalue weighted by Gasteiger charge is 2.36. The van der Waals surface area contributed by atoms with Crippen molar-refractivity contribution in [2.45, 2.75) is 12.8 Å². The molecule has 0 aromatic rings. The van der Waals surface area contributed by atoms with Gasteiger partial charge in [-0.15, -0.1) is 0 Å². The molecule has 0 radical (unpaired) electrons. The average Bonchev–Trinajstić information content (AvgIpc) is 2.04. The quantitative estimate of drug-likeness (QED) is 0.416. The van der Waals surface area contributed by atoms with Crippen LogP contribution in [0.5, 0.6) is 0 Å². The Bertz CT molecular complexity index is 196. The van der Waals surface area contributed by atoms with E-state index in [-0.39, 0.29) is 0 Å². The van der Waals surface area contributed by atoms with E-state index < -0.39 is 0 Å². The molecule has 0 N–H and O–H groups in total. The van der Waals surface area contributed by atoms with Crippen LogP contribution in [0.2, 0.25) is 0 Å². The van der Waals surface area contributed by atoms with Crippen molar-refractivity contribution in [1.82, 2.24) is 4.90 Å². The molecule has 66 valence electrons. The lowest BCUT2D eigenvalue weighted by Crippen LogP contribution is -2.63. The van der Waals surface area contributed by atoms with Crippen molar-refractivity contribution in [1.29, 1.82) is 5.26 Å². The van der Waals surface area contributed by atoms with Crippen LogP contribution in [0.1, 0.15) is 12.8 Å². The predicted molar refractivity (Wildman–Crippen MR) is 46.1 cm³/mol. The summed E-state index contributed by atoms with van der Waals surface area (Å²) in [5, 5.41) is 8.74. The first-order valence-electron chi connectivity index (χ1n) is 4.79. The fourth-order valence-corrected chi connectivity index (χ4v) is 2.55. The van der Waals surface area contributed by atoms with Gasteiger partial charge in [0.05, 0.1) is 13.1 Å². The topological polar surface area (TPSA) is 27.0 Å². The van der Waals surface area contributed by atoms with Crippen LogP contribution in [-0.4, -0.2) is 48.8 Å². The normalized spacial score (nSPS) is 40.4.